The van der Waals surface area contributed by atoms with E-state index in [0.29, 0.717) is 0 Å². The fourth-order valence-electron chi connectivity index (χ4n) is 1.42. The maximum absolute atomic E-state index is 13.2. The molecule has 3 N–H and O–H groups in total. The highest BCUT2D eigenvalue weighted by molar-refractivity contribution is 5.92. The van der Waals surface area contributed by atoms with E-state index in [4.69, 9.17) is 9.84 Å². The molecule has 1 aromatic rings. The summed E-state index contributed by atoms with van der Waals surface area (Å²) in [5.74, 6) is -1.45. The van der Waals surface area contributed by atoms with Gasteiger partial charge in [-0.25, -0.2) is 14.0 Å². The number of nitrogens with one attached hydrogen (secondary N) is 2. The first kappa shape index (κ1) is 14.7. The van der Waals surface area contributed by atoms with E-state index in [-0.39, 0.29) is 17.9 Å². The third-order valence-electron chi connectivity index (χ3n) is 2.38. The van der Waals surface area contributed by atoms with E-state index in [1.807, 2.05) is 0 Å². The lowest BCUT2D eigenvalue weighted by molar-refractivity contribution is -0.139. The summed E-state index contributed by atoms with van der Waals surface area (Å²) in [6, 6.07) is 1.97. The molecule has 1 atom stereocenters. The first-order valence-corrected chi connectivity index (χ1v) is 5.61. The van der Waals surface area contributed by atoms with Crippen LogP contribution in [0.25, 0.3) is 0 Å². The molecule has 0 radical (unpaired) electrons. The zero-order valence-electron chi connectivity index (χ0n) is 10.6. The van der Waals surface area contributed by atoms with Gasteiger partial charge in [0.15, 0.2) is 0 Å². The van der Waals surface area contributed by atoms with Gasteiger partial charge in [-0.2, -0.15) is 0 Å². The number of hydrogen-bond donors (Lipinski definition) is 3. The van der Waals surface area contributed by atoms with E-state index in [9.17, 15) is 14.0 Å². The molecule has 0 aliphatic heterocycles. The Morgan fingerprint density at radius 2 is 2.11 bits per heavy atom. The number of methoxy groups -OCH3 is 1. The average Bonchev–Trinajstić information content (AvgIpc) is 2.34. The maximum atomic E-state index is 13.2. The van der Waals surface area contributed by atoms with Gasteiger partial charge < -0.3 is 20.5 Å². The largest absolute Gasteiger partial charge is 0.497 e. The predicted octanol–water partition coefficient (Wildman–Crippen LogP) is 1.82. The number of aliphatic carboxylic acids is 1. The van der Waals surface area contributed by atoms with E-state index in [1.54, 1.807) is 6.92 Å². The minimum atomic E-state index is -1.13. The molecule has 0 heterocycles. The zero-order valence-corrected chi connectivity index (χ0v) is 10.6. The van der Waals surface area contributed by atoms with Crippen molar-refractivity contribution in [3.05, 3.63) is 24.0 Å². The highest BCUT2D eigenvalue weighted by atomic mass is 19.1. The Bertz CT molecular complexity index is 479. The lowest BCUT2D eigenvalue weighted by atomic mass is 10.2. The molecular formula is C12H15FN2O4. The predicted molar refractivity (Wildman–Crippen MR) is 66.8 cm³/mol. The highest BCUT2D eigenvalue weighted by Gasteiger charge is 2.17. The summed E-state index contributed by atoms with van der Waals surface area (Å²) in [5.41, 5.74) is 0.176. The van der Waals surface area contributed by atoms with Crippen LogP contribution in [0.5, 0.6) is 5.75 Å². The molecule has 0 spiro atoms. The number of amides is 2. The molecule has 0 bridgehead atoms. The van der Waals surface area contributed by atoms with Crippen LogP contribution in [0.1, 0.15) is 13.3 Å². The number of rotatable bonds is 5. The highest BCUT2D eigenvalue weighted by Crippen LogP contribution is 2.19. The molecule has 0 saturated heterocycles. The van der Waals surface area contributed by atoms with Crippen molar-refractivity contribution in [2.75, 3.05) is 12.4 Å². The monoisotopic (exact) mass is 270 g/mol. The van der Waals surface area contributed by atoms with E-state index in [2.05, 4.69) is 10.6 Å². The van der Waals surface area contributed by atoms with Gasteiger partial charge in [0.25, 0.3) is 0 Å². The molecule has 1 aromatic carbocycles. The second-order valence-corrected chi connectivity index (χ2v) is 3.78. The van der Waals surface area contributed by atoms with Crippen molar-refractivity contribution in [3.63, 3.8) is 0 Å². The van der Waals surface area contributed by atoms with Gasteiger partial charge in [0.05, 0.1) is 7.11 Å². The minimum Gasteiger partial charge on any atom is -0.497 e. The Morgan fingerprint density at radius 3 is 2.63 bits per heavy atom. The molecule has 0 aliphatic carbocycles. The maximum Gasteiger partial charge on any atom is 0.326 e. The van der Waals surface area contributed by atoms with Crippen molar-refractivity contribution in [1.29, 1.82) is 0 Å². The standard InChI is InChI=1S/C12H15FN2O4/c1-3-10(11(16)17)15-12(18)14-8-4-7(13)5-9(6-8)19-2/h4-6,10H,3H2,1-2H3,(H,16,17)(H2,14,15,18)/t10-/m0/s1. The molecule has 0 fully saturated rings. The zero-order chi connectivity index (χ0) is 14.4. The van der Waals surface area contributed by atoms with Gasteiger partial charge in [-0.05, 0) is 12.5 Å². The number of anilines is 1. The Labute approximate surface area is 109 Å². The van der Waals surface area contributed by atoms with Crippen LogP contribution in [-0.4, -0.2) is 30.3 Å². The summed E-state index contributed by atoms with van der Waals surface area (Å²) in [6.45, 7) is 1.63. The Kier molecular flexibility index (Phi) is 5.11. The number of benzene rings is 1. The van der Waals surface area contributed by atoms with Crippen LogP contribution in [-0.2, 0) is 4.79 Å². The Hall–Kier alpha value is -2.31. The molecule has 19 heavy (non-hydrogen) atoms. The van der Waals surface area contributed by atoms with E-state index in [1.165, 1.54) is 13.2 Å². The minimum absolute atomic E-state index is 0.176. The lowest BCUT2D eigenvalue weighted by Gasteiger charge is -2.13. The molecule has 7 heteroatoms. The fourth-order valence-corrected chi connectivity index (χ4v) is 1.42. The number of carbonyl (C=O) groups excluding carboxylic acids is 1. The second-order valence-electron chi connectivity index (χ2n) is 3.78. The first-order chi connectivity index (χ1) is 8.96. The van der Waals surface area contributed by atoms with Gasteiger partial charge in [0.2, 0.25) is 0 Å². The summed E-state index contributed by atoms with van der Waals surface area (Å²) in [5, 5.41) is 13.4. The van der Waals surface area contributed by atoms with Crippen LogP contribution in [0.3, 0.4) is 0 Å². The van der Waals surface area contributed by atoms with Crippen LogP contribution >= 0.6 is 0 Å². The van der Waals surface area contributed by atoms with E-state index < -0.39 is 23.9 Å². The normalized spacial score (nSPS) is 11.5. The summed E-state index contributed by atoms with van der Waals surface area (Å²) < 4.78 is 18.0. The van der Waals surface area contributed by atoms with Crippen molar-refractivity contribution >= 4 is 17.7 Å². The van der Waals surface area contributed by atoms with E-state index >= 15 is 0 Å². The fraction of sp³-hybridized carbons (Fsp3) is 0.333. The number of ether oxygens (including phenoxy) is 1. The van der Waals surface area contributed by atoms with Crippen molar-refractivity contribution in [3.8, 4) is 5.75 Å². The molecule has 6 nitrogen and oxygen atoms in total. The third kappa shape index (κ3) is 4.46. The molecular weight excluding hydrogens is 255 g/mol. The topological polar surface area (TPSA) is 87.7 Å². The summed E-state index contributed by atoms with van der Waals surface area (Å²) in [6.07, 6.45) is 0.245. The molecule has 0 aromatic heterocycles. The van der Waals surface area contributed by atoms with Crippen molar-refractivity contribution in [1.82, 2.24) is 5.32 Å². The van der Waals surface area contributed by atoms with Gasteiger partial charge in [0.1, 0.15) is 17.6 Å². The van der Waals surface area contributed by atoms with Crippen LogP contribution in [0, 0.1) is 5.82 Å². The summed E-state index contributed by atoms with van der Waals surface area (Å²) in [4.78, 5) is 22.3. The number of carboxylic acids is 1. The van der Waals surface area contributed by atoms with Crippen molar-refractivity contribution in [2.24, 2.45) is 0 Å². The molecule has 0 saturated carbocycles. The quantitative estimate of drug-likeness (QED) is 0.761. The van der Waals surface area contributed by atoms with Gasteiger partial charge in [-0.1, -0.05) is 6.92 Å². The summed E-state index contributed by atoms with van der Waals surface area (Å²) >= 11 is 0. The molecule has 0 unspecified atom stereocenters. The molecule has 1 rings (SSSR count). The first-order valence-electron chi connectivity index (χ1n) is 5.61. The molecule has 104 valence electrons. The van der Waals surface area contributed by atoms with Gasteiger partial charge in [-0.3, -0.25) is 0 Å². The third-order valence-corrected chi connectivity index (χ3v) is 2.38. The number of carboxylic acid groups (broad SMARTS) is 1. The van der Waals surface area contributed by atoms with Gasteiger partial charge in [0, 0.05) is 17.8 Å². The molecule has 2 amide bonds. The van der Waals surface area contributed by atoms with Crippen LogP contribution in [0.2, 0.25) is 0 Å². The smallest absolute Gasteiger partial charge is 0.326 e. The number of halogens is 1. The Morgan fingerprint density at radius 1 is 1.42 bits per heavy atom. The van der Waals surface area contributed by atoms with Gasteiger partial charge in [-0.15, -0.1) is 0 Å². The lowest BCUT2D eigenvalue weighted by Crippen LogP contribution is -2.42. The Balaban J connectivity index is 2.71. The SMILES string of the molecule is CC[C@H](NC(=O)Nc1cc(F)cc(OC)c1)C(=O)O. The van der Waals surface area contributed by atoms with Gasteiger partial charge >= 0.3 is 12.0 Å². The number of urea groups is 1. The van der Waals surface area contributed by atoms with Crippen LogP contribution < -0.4 is 15.4 Å². The second kappa shape index (κ2) is 6.58. The van der Waals surface area contributed by atoms with E-state index in [0.717, 1.165) is 12.1 Å². The number of hydrogen-bond acceptors (Lipinski definition) is 3. The van der Waals surface area contributed by atoms with Crippen molar-refractivity contribution < 1.29 is 23.8 Å². The number of carbonyl (C=O) groups is 2. The average molecular weight is 270 g/mol. The van der Waals surface area contributed by atoms with Crippen LogP contribution in [0.15, 0.2) is 18.2 Å². The van der Waals surface area contributed by atoms with Crippen molar-refractivity contribution in [2.45, 2.75) is 19.4 Å². The summed E-state index contributed by atoms with van der Waals surface area (Å²) in [7, 11) is 1.37. The molecule has 0 aliphatic rings. The van der Waals surface area contributed by atoms with Crippen LogP contribution in [0.4, 0.5) is 14.9 Å².